The number of nitrogens with zero attached hydrogens (tertiary/aromatic N) is 3. The SMILES string of the molecule is CC(C)(C)N1CC(Nc2cncc(Cl)n2)CC1=O. The number of nitrogens with one attached hydrogen (secondary N) is 1. The molecular weight excluding hydrogens is 252 g/mol. The number of rotatable bonds is 2. The molecule has 1 aliphatic rings. The molecule has 1 fully saturated rings. The lowest BCUT2D eigenvalue weighted by Gasteiger charge is -2.32. The van der Waals surface area contributed by atoms with Gasteiger partial charge in [0.25, 0.3) is 0 Å². The zero-order chi connectivity index (χ0) is 13.3. The number of aromatic nitrogens is 2. The van der Waals surface area contributed by atoms with E-state index in [0.717, 1.165) is 0 Å². The summed E-state index contributed by atoms with van der Waals surface area (Å²) in [7, 11) is 0. The van der Waals surface area contributed by atoms with Crippen molar-refractivity contribution in [2.75, 3.05) is 11.9 Å². The molecule has 1 saturated heterocycles. The second-order valence-corrected chi connectivity index (χ2v) is 5.83. The Hall–Kier alpha value is -1.36. The Balaban J connectivity index is 2.03. The number of hydrogen-bond donors (Lipinski definition) is 1. The molecule has 0 aromatic carbocycles. The van der Waals surface area contributed by atoms with Crippen molar-refractivity contribution in [2.45, 2.75) is 38.8 Å². The van der Waals surface area contributed by atoms with Gasteiger partial charge in [0.2, 0.25) is 5.91 Å². The summed E-state index contributed by atoms with van der Waals surface area (Å²) in [5, 5.41) is 3.54. The Morgan fingerprint density at radius 2 is 2.17 bits per heavy atom. The standard InChI is InChI=1S/C12H17ClN4O/c1-12(2,3)17-7-8(4-11(17)18)15-10-6-14-5-9(13)16-10/h5-6,8H,4,7H2,1-3H3,(H,15,16). The van der Waals surface area contributed by atoms with Crippen molar-refractivity contribution in [3.63, 3.8) is 0 Å². The molecule has 2 rings (SSSR count). The van der Waals surface area contributed by atoms with Gasteiger partial charge < -0.3 is 10.2 Å². The smallest absolute Gasteiger partial charge is 0.225 e. The lowest BCUT2D eigenvalue weighted by atomic mass is 10.1. The third-order valence-corrected chi connectivity index (χ3v) is 3.07. The monoisotopic (exact) mass is 268 g/mol. The molecule has 1 aromatic heterocycles. The summed E-state index contributed by atoms with van der Waals surface area (Å²) in [5.41, 5.74) is -0.145. The largest absolute Gasteiger partial charge is 0.364 e. The molecule has 6 heteroatoms. The summed E-state index contributed by atoms with van der Waals surface area (Å²) in [6.07, 6.45) is 3.57. The number of halogens is 1. The first-order valence-corrected chi connectivity index (χ1v) is 6.28. The Labute approximate surface area is 112 Å². The van der Waals surface area contributed by atoms with Crippen molar-refractivity contribution in [2.24, 2.45) is 0 Å². The number of hydrogen-bond acceptors (Lipinski definition) is 4. The highest BCUT2D eigenvalue weighted by atomic mass is 35.5. The second kappa shape index (κ2) is 4.72. The fourth-order valence-electron chi connectivity index (χ4n) is 2.07. The fourth-order valence-corrected chi connectivity index (χ4v) is 2.22. The summed E-state index contributed by atoms with van der Waals surface area (Å²) in [6, 6.07) is 0.0597. The predicted molar refractivity (Wildman–Crippen MR) is 70.5 cm³/mol. The maximum atomic E-state index is 11.9. The third kappa shape index (κ3) is 2.90. The summed E-state index contributed by atoms with van der Waals surface area (Å²) < 4.78 is 0. The first-order chi connectivity index (χ1) is 8.36. The van der Waals surface area contributed by atoms with Gasteiger partial charge in [-0.3, -0.25) is 9.78 Å². The van der Waals surface area contributed by atoms with Crippen LogP contribution in [0.5, 0.6) is 0 Å². The zero-order valence-electron chi connectivity index (χ0n) is 10.8. The van der Waals surface area contributed by atoms with Crippen molar-refractivity contribution in [3.8, 4) is 0 Å². The molecule has 1 N–H and O–H groups in total. The third-order valence-electron chi connectivity index (χ3n) is 2.89. The molecule has 0 spiro atoms. The van der Waals surface area contributed by atoms with E-state index in [1.165, 1.54) is 6.20 Å². The molecule has 1 atom stereocenters. The summed E-state index contributed by atoms with van der Waals surface area (Å²) in [4.78, 5) is 21.9. The first kappa shape index (κ1) is 13.1. The van der Waals surface area contributed by atoms with Crippen LogP contribution in [-0.2, 0) is 4.79 Å². The molecule has 5 nitrogen and oxygen atoms in total. The molecule has 1 unspecified atom stereocenters. The second-order valence-electron chi connectivity index (χ2n) is 5.45. The van der Waals surface area contributed by atoms with Crippen LogP contribution in [0.25, 0.3) is 0 Å². The van der Waals surface area contributed by atoms with Gasteiger partial charge in [0.05, 0.1) is 18.4 Å². The van der Waals surface area contributed by atoms with E-state index in [1.54, 1.807) is 6.20 Å². The summed E-state index contributed by atoms with van der Waals surface area (Å²) >= 11 is 5.77. The normalized spacial score (nSPS) is 20.3. The quantitative estimate of drug-likeness (QED) is 0.891. The van der Waals surface area contributed by atoms with Gasteiger partial charge in [0.15, 0.2) is 0 Å². The van der Waals surface area contributed by atoms with Crippen LogP contribution in [0.1, 0.15) is 27.2 Å². The highest BCUT2D eigenvalue weighted by molar-refractivity contribution is 6.29. The number of amides is 1. The molecule has 0 aliphatic carbocycles. The van der Waals surface area contributed by atoms with Crippen molar-refractivity contribution in [1.82, 2.24) is 14.9 Å². The minimum atomic E-state index is -0.145. The van der Waals surface area contributed by atoms with E-state index in [2.05, 4.69) is 15.3 Å². The average Bonchev–Trinajstić information content (AvgIpc) is 2.59. The van der Waals surface area contributed by atoms with E-state index in [0.29, 0.717) is 23.9 Å². The van der Waals surface area contributed by atoms with Crippen LogP contribution >= 0.6 is 11.6 Å². The van der Waals surface area contributed by atoms with E-state index in [9.17, 15) is 4.79 Å². The molecule has 0 saturated carbocycles. The maximum absolute atomic E-state index is 11.9. The van der Waals surface area contributed by atoms with Crippen LogP contribution in [0.2, 0.25) is 5.15 Å². The highest BCUT2D eigenvalue weighted by Gasteiger charge is 2.36. The predicted octanol–water partition coefficient (Wildman–Crippen LogP) is 1.94. The van der Waals surface area contributed by atoms with E-state index in [4.69, 9.17) is 11.6 Å². The van der Waals surface area contributed by atoms with Gasteiger partial charge in [-0.1, -0.05) is 11.6 Å². The molecule has 1 amide bonds. The van der Waals surface area contributed by atoms with Crippen molar-refractivity contribution in [3.05, 3.63) is 17.5 Å². The minimum absolute atomic E-state index is 0.0597. The highest BCUT2D eigenvalue weighted by Crippen LogP contribution is 2.23. The summed E-state index contributed by atoms with van der Waals surface area (Å²) in [5.74, 6) is 0.769. The number of carbonyl (C=O) groups is 1. The van der Waals surface area contributed by atoms with Crippen molar-refractivity contribution < 1.29 is 4.79 Å². The number of anilines is 1. The fraction of sp³-hybridized carbons (Fsp3) is 0.583. The Morgan fingerprint density at radius 3 is 2.72 bits per heavy atom. The van der Waals surface area contributed by atoms with Gasteiger partial charge in [0, 0.05) is 18.5 Å². The van der Waals surface area contributed by atoms with Gasteiger partial charge in [0.1, 0.15) is 11.0 Å². The van der Waals surface area contributed by atoms with Crippen LogP contribution < -0.4 is 5.32 Å². The molecular formula is C12H17ClN4O. The minimum Gasteiger partial charge on any atom is -0.364 e. The van der Waals surface area contributed by atoms with Gasteiger partial charge >= 0.3 is 0 Å². The lowest BCUT2D eigenvalue weighted by Crippen LogP contribution is -2.43. The van der Waals surface area contributed by atoms with Gasteiger partial charge in [-0.15, -0.1) is 0 Å². The molecule has 18 heavy (non-hydrogen) atoms. The molecule has 1 aliphatic heterocycles. The van der Waals surface area contributed by atoms with E-state index in [-0.39, 0.29) is 17.5 Å². The van der Waals surface area contributed by atoms with Crippen molar-refractivity contribution >= 4 is 23.3 Å². The van der Waals surface area contributed by atoms with Gasteiger partial charge in [-0.2, -0.15) is 0 Å². The Bertz CT molecular complexity index is 458. The van der Waals surface area contributed by atoms with E-state index in [1.807, 2.05) is 25.7 Å². The number of carbonyl (C=O) groups excluding carboxylic acids is 1. The van der Waals surface area contributed by atoms with Gasteiger partial charge in [-0.25, -0.2) is 4.98 Å². The Morgan fingerprint density at radius 1 is 1.44 bits per heavy atom. The lowest BCUT2D eigenvalue weighted by molar-refractivity contribution is -0.131. The van der Waals surface area contributed by atoms with Crippen LogP contribution in [0.3, 0.4) is 0 Å². The summed E-state index contributed by atoms with van der Waals surface area (Å²) in [6.45, 7) is 6.78. The van der Waals surface area contributed by atoms with E-state index < -0.39 is 0 Å². The molecule has 0 radical (unpaired) electrons. The topological polar surface area (TPSA) is 58.1 Å². The van der Waals surface area contributed by atoms with E-state index >= 15 is 0 Å². The average molecular weight is 269 g/mol. The molecule has 2 heterocycles. The zero-order valence-corrected chi connectivity index (χ0v) is 11.5. The van der Waals surface area contributed by atoms with Crippen LogP contribution in [0.15, 0.2) is 12.4 Å². The molecule has 0 bridgehead atoms. The van der Waals surface area contributed by atoms with Crippen LogP contribution in [0, 0.1) is 0 Å². The van der Waals surface area contributed by atoms with Crippen LogP contribution in [-0.4, -0.2) is 38.9 Å². The number of likely N-dealkylation sites (tertiary alicyclic amines) is 1. The molecule has 98 valence electrons. The van der Waals surface area contributed by atoms with Crippen LogP contribution in [0.4, 0.5) is 5.82 Å². The van der Waals surface area contributed by atoms with Crippen molar-refractivity contribution in [1.29, 1.82) is 0 Å². The van der Waals surface area contributed by atoms with Gasteiger partial charge in [-0.05, 0) is 20.8 Å². The maximum Gasteiger partial charge on any atom is 0.225 e. The Kier molecular flexibility index (Phi) is 3.43. The first-order valence-electron chi connectivity index (χ1n) is 5.91. The molecule has 1 aromatic rings.